The Morgan fingerprint density at radius 3 is 2.68 bits per heavy atom. The molecule has 19 heavy (non-hydrogen) atoms. The second-order valence-electron chi connectivity index (χ2n) is 5.24. The Balaban J connectivity index is 2.07. The third-order valence-corrected chi connectivity index (χ3v) is 3.61. The van der Waals surface area contributed by atoms with E-state index in [4.69, 9.17) is 4.74 Å². The van der Waals surface area contributed by atoms with Gasteiger partial charge in [0, 0.05) is 45.8 Å². The van der Waals surface area contributed by atoms with Crippen molar-refractivity contribution >= 4 is 5.91 Å². The van der Waals surface area contributed by atoms with Crippen LogP contribution < -0.4 is 10.6 Å². The van der Waals surface area contributed by atoms with Crippen LogP contribution in [0.15, 0.2) is 0 Å². The quantitative estimate of drug-likeness (QED) is 0.603. The summed E-state index contributed by atoms with van der Waals surface area (Å²) < 4.78 is 5.06. The maximum Gasteiger partial charge on any atom is 0.220 e. The van der Waals surface area contributed by atoms with Crippen LogP contribution in [0.2, 0.25) is 0 Å². The van der Waals surface area contributed by atoms with Crippen LogP contribution in [-0.4, -0.2) is 63.8 Å². The average Bonchev–Trinajstić information content (AvgIpc) is 2.41. The Labute approximate surface area is 117 Å². The maximum atomic E-state index is 11.7. The predicted octanol–water partition coefficient (Wildman–Crippen LogP) is 0.603. The van der Waals surface area contributed by atoms with Gasteiger partial charge >= 0.3 is 0 Å². The van der Waals surface area contributed by atoms with E-state index in [9.17, 15) is 4.79 Å². The molecular weight excluding hydrogens is 242 g/mol. The molecule has 5 nitrogen and oxygen atoms in total. The SMILES string of the molecule is CNCCCC(=O)NC1CCN(CCCOC)CC1. The van der Waals surface area contributed by atoms with Crippen molar-refractivity contribution in [2.75, 3.05) is 46.9 Å². The number of amides is 1. The van der Waals surface area contributed by atoms with Crippen molar-refractivity contribution in [3.8, 4) is 0 Å². The molecule has 2 N–H and O–H groups in total. The number of carbonyl (C=O) groups is 1. The van der Waals surface area contributed by atoms with Gasteiger partial charge in [-0.25, -0.2) is 0 Å². The van der Waals surface area contributed by atoms with Crippen LogP contribution in [-0.2, 0) is 9.53 Å². The highest BCUT2D eigenvalue weighted by atomic mass is 16.5. The molecule has 0 unspecified atom stereocenters. The normalized spacial score (nSPS) is 17.6. The first-order valence-corrected chi connectivity index (χ1v) is 7.41. The lowest BCUT2D eigenvalue weighted by molar-refractivity contribution is -0.122. The van der Waals surface area contributed by atoms with Crippen LogP contribution in [0.1, 0.15) is 32.1 Å². The molecule has 0 aromatic carbocycles. The molecule has 1 fully saturated rings. The second-order valence-corrected chi connectivity index (χ2v) is 5.24. The van der Waals surface area contributed by atoms with Crippen LogP contribution in [0.5, 0.6) is 0 Å². The summed E-state index contributed by atoms with van der Waals surface area (Å²) in [6.45, 7) is 5.03. The zero-order chi connectivity index (χ0) is 13.9. The van der Waals surface area contributed by atoms with E-state index in [1.54, 1.807) is 7.11 Å². The van der Waals surface area contributed by atoms with E-state index < -0.39 is 0 Å². The van der Waals surface area contributed by atoms with Crippen LogP contribution in [0.4, 0.5) is 0 Å². The summed E-state index contributed by atoms with van der Waals surface area (Å²) in [5.74, 6) is 0.202. The molecule has 0 spiro atoms. The largest absolute Gasteiger partial charge is 0.385 e. The number of rotatable bonds is 9. The fourth-order valence-corrected chi connectivity index (χ4v) is 2.46. The zero-order valence-electron chi connectivity index (χ0n) is 12.4. The Kier molecular flexibility index (Phi) is 8.79. The van der Waals surface area contributed by atoms with Gasteiger partial charge in [0.05, 0.1) is 0 Å². The van der Waals surface area contributed by atoms with Gasteiger partial charge in [0.25, 0.3) is 0 Å². The minimum Gasteiger partial charge on any atom is -0.385 e. The molecular formula is C14H29N3O2. The smallest absolute Gasteiger partial charge is 0.220 e. The first-order valence-electron chi connectivity index (χ1n) is 7.41. The molecule has 1 rings (SSSR count). The molecule has 0 aromatic rings. The molecule has 0 saturated carbocycles. The Morgan fingerprint density at radius 1 is 1.32 bits per heavy atom. The fourth-order valence-electron chi connectivity index (χ4n) is 2.46. The van der Waals surface area contributed by atoms with Crippen molar-refractivity contribution in [1.29, 1.82) is 0 Å². The lowest BCUT2D eigenvalue weighted by Crippen LogP contribution is -2.45. The molecule has 1 saturated heterocycles. The summed E-state index contributed by atoms with van der Waals surface area (Å²) in [4.78, 5) is 14.2. The highest BCUT2D eigenvalue weighted by Crippen LogP contribution is 2.11. The van der Waals surface area contributed by atoms with Gasteiger partial charge in [0.1, 0.15) is 0 Å². The molecule has 112 valence electrons. The molecule has 5 heteroatoms. The van der Waals surface area contributed by atoms with Gasteiger partial charge in [-0.3, -0.25) is 4.79 Å². The monoisotopic (exact) mass is 271 g/mol. The predicted molar refractivity (Wildman–Crippen MR) is 77.3 cm³/mol. The van der Waals surface area contributed by atoms with Gasteiger partial charge in [-0.05, 0) is 39.3 Å². The van der Waals surface area contributed by atoms with Crippen molar-refractivity contribution in [1.82, 2.24) is 15.5 Å². The highest BCUT2D eigenvalue weighted by molar-refractivity contribution is 5.76. The number of piperidine rings is 1. The molecule has 0 radical (unpaired) electrons. The first kappa shape index (κ1) is 16.4. The van der Waals surface area contributed by atoms with Crippen LogP contribution in [0.25, 0.3) is 0 Å². The van der Waals surface area contributed by atoms with E-state index in [1.807, 2.05) is 7.05 Å². The first-order chi connectivity index (χ1) is 9.26. The third-order valence-electron chi connectivity index (χ3n) is 3.61. The maximum absolute atomic E-state index is 11.7. The van der Waals surface area contributed by atoms with Gasteiger partial charge in [0.2, 0.25) is 5.91 Å². The standard InChI is InChI=1S/C14H29N3O2/c1-15-8-3-5-14(18)16-13-6-10-17(11-7-13)9-4-12-19-2/h13,15H,3-12H2,1-2H3,(H,16,18). The lowest BCUT2D eigenvalue weighted by Gasteiger charge is -2.32. The molecule has 0 aliphatic carbocycles. The molecule has 1 heterocycles. The molecule has 1 aliphatic heterocycles. The summed E-state index contributed by atoms with van der Waals surface area (Å²) in [5.41, 5.74) is 0. The number of ether oxygens (including phenoxy) is 1. The van der Waals surface area contributed by atoms with Gasteiger partial charge in [-0.15, -0.1) is 0 Å². The van der Waals surface area contributed by atoms with E-state index in [-0.39, 0.29) is 5.91 Å². The number of hydrogen-bond acceptors (Lipinski definition) is 4. The summed E-state index contributed by atoms with van der Waals surface area (Å²) in [6, 6.07) is 0.376. The number of hydrogen-bond donors (Lipinski definition) is 2. The molecule has 0 atom stereocenters. The molecule has 1 amide bonds. The zero-order valence-corrected chi connectivity index (χ0v) is 12.4. The van der Waals surface area contributed by atoms with Crippen molar-refractivity contribution in [2.45, 2.75) is 38.1 Å². The van der Waals surface area contributed by atoms with Gasteiger partial charge in [-0.1, -0.05) is 0 Å². The summed E-state index contributed by atoms with van der Waals surface area (Å²) in [5, 5.41) is 6.21. The van der Waals surface area contributed by atoms with Crippen molar-refractivity contribution in [2.24, 2.45) is 0 Å². The average molecular weight is 271 g/mol. The number of likely N-dealkylation sites (tertiary alicyclic amines) is 1. The summed E-state index contributed by atoms with van der Waals surface area (Å²) in [7, 11) is 3.66. The van der Waals surface area contributed by atoms with Crippen molar-refractivity contribution < 1.29 is 9.53 Å². The summed E-state index contributed by atoms with van der Waals surface area (Å²) in [6.07, 6.45) is 4.79. The van der Waals surface area contributed by atoms with Crippen LogP contribution in [0, 0.1) is 0 Å². The van der Waals surface area contributed by atoms with E-state index >= 15 is 0 Å². The Morgan fingerprint density at radius 2 is 2.05 bits per heavy atom. The Bertz CT molecular complexity index is 241. The van der Waals surface area contributed by atoms with Gasteiger partial charge in [-0.2, -0.15) is 0 Å². The molecule has 0 bridgehead atoms. The van der Waals surface area contributed by atoms with Crippen LogP contribution in [0.3, 0.4) is 0 Å². The van der Waals surface area contributed by atoms with E-state index in [1.165, 1.54) is 0 Å². The Hall–Kier alpha value is -0.650. The lowest BCUT2D eigenvalue weighted by atomic mass is 10.0. The van der Waals surface area contributed by atoms with E-state index in [2.05, 4.69) is 15.5 Å². The highest BCUT2D eigenvalue weighted by Gasteiger charge is 2.19. The van der Waals surface area contributed by atoms with Crippen molar-refractivity contribution in [3.05, 3.63) is 0 Å². The topological polar surface area (TPSA) is 53.6 Å². The summed E-state index contributed by atoms with van der Waals surface area (Å²) >= 11 is 0. The number of nitrogens with one attached hydrogen (secondary N) is 2. The number of carbonyl (C=O) groups excluding carboxylic acids is 1. The molecule has 1 aliphatic rings. The van der Waals surface area contributed by atoms with Crippen molar-refractivity contribution in [3.63, 3.8) is 0 Å². The van der Waals surface area contributed by atoms with E-state index in [0.717, 1.165) is 58.5 Å². The number of methoxy groups -OCH3 is 1. The second kappa shape index (κ2) is 10.2. The minimum absolute atomic E-state index is 0.202. The molecule has 0 aromatic heterocycles. The van der Waals surface area contributed by atoms with Gasteiger partial charge in [0.15, 0.2) is 0 Å². The fraction of sp³-hybridized carbons (Fsp3) is 0.929. The van der Waals surface area contributed by atoms with Crippen LogP contribution >= 0.6 is 0 Å². The van der Waals surface area contributed by atoms with E-state index in [0.29, 0.717) is 12.5 Å². The minimum atomic E-state index is 0.202. The van der Waals surface area contributed by atoms with Gasteiger partial charge < -0.3 is 20.3 Å². The number of nitrogens with zero attached hydrogens (tertiary/aromatic N) is 1. The third kappa shape index (κ3) is 7.50.